The molecule has 0 saturated carbocycles. The third kappa shape index (κ3) is 5.39. The molecule has 6 nitrogen and oxygen atoms in total. The molecule has 158 valence electrons. The quantitative estimate of drug-likeness (QED) is 0.240. The van der Waals surface area contributed by atoms with Crippen molar-refractivity contribution in [2.45, 2.75) is 26.3 Å². The Morgan fingerprint density at radius 3 is 2.72 bits per heavy atom. The Bertz CT molecular complexity index is 1160. The number of amides is 1. The Balaban J connectivity index is 0.00000181. The molecule has 1 aromatic carbocycles. The second kappa shape index (κ2) is 11.9. The summed E-state index contributed by atoms with van der Waals surface area (Å²) in [6.45, 7) is 2.57. The molecule has 1 aliphatic heterocycles. The first-order valence-electron chi connectivity index (χ1n) is 9.86. The number of aromatic nitrogens is 1. The number of aryl methyl sites for hydroxylation is 2. The fourth-order valence-corrected chi connectivity index (χ4v) is 4.31. The zero-order valence-corrected chi connectivity index (χ0v) is 18.2. The van der Waals surface area contributed by atoms with Crippen LogP contribution in [0.15, 0.2) is 47.0 Å². The van der Waals surface area contributed by atoms with E-state index in [0.717, 1.165) is 45.4 Å². The van der Waals surface area contributed by atoms with E-state index in [1.807, 2.05) is 49.2 Å². The van der Waals surface area contributed by atoms with Gasteiger partial charge in [0.25, 0.3) is 0 Å². The fourth-order valence-electron chi connectivity index (χ4n) is 3.94. The van der Waals surface area contributed by atoms with Gasteiger partial charge in [-0.05, 0) is 31.0 Å². The summed E-state index contributed by atoms with van der Waals surface area (Å²) in [7, 11) is 4.51. The molecule has 32 heavy (non-hydrogen) atoms. The van der Waals surface area contributed by atoms with E-state index in [2.05, 4.69) is 14.2 Å². The molecule has 4 rings (SSSR count). The number of pyridine rings is 1. The number of aldehydes is 1. The predicted molar refractivity (Wildman–Crippen MR) is 135 cm³/mol. The van der Waals surface area contributed by atoms with Gasteiger partial charge in [0, 0.05) is 54.2 Å². The first-order chi connectivity index (χ1) is 14.5. The van der Waals surface area contributed by atoms with Crippen LogP contribution in [0.1, 0.15) is 28.9 Å². The van der Waals surface area contributed by atoms with Crippen LogP contribution in [-0.4, -0.2) is 94.5 Å². The summed E-state index contributed by atoms with van der Waals surface area (Å²) >= 11 is 0. The van der Waals surface area contributed by atoms with Crippen molar-refractivity contribution in [1.29, 1.82) is 0 Å². The van der Waals surface area contributed by atoms with Crippen LogP contribution in [0.5, 0.6) is 0 Å². The molecule has 3 heterocycles. The number of para-hydroxylation sites is 1. The Kier molecular flexibility index (Phi) is 10.2. The molecule has 1 amide bonds. The van der Waals surface area contributed by atoms with Gasteiger partial charge >= 0.3 is 59.1 Å². The van der Waals surface area contributed by atoms with E-state index >= 15 is 0 Å². The van der Waals surface area contributed by atoms with Gasteiger partial charge in [-0.2, -0.15) is 0 Å². The monoisotopic (exact) mass is 469 g/mol. The fraction of sp³-hybridized carbons (Fsp3) is 0.261. The summed E-state index contributed by atoms with van der Waals surface area (Å²) in [5, 5.41) is 1.10. The average Bonchev–Trinajstić information content (AvgIpc) is 3.07. The molecule has 0 aliphatic carbocycles. The zero-order valence-electron chi connectivity index (χ0n) is 17.1. The molecule has 0 spiro atoms. The molecule has 1 unspecified atom stereocenters. The summed E-state index contributed by atoms with van der Waals surface area (Å²) in [6, 6.07) is 9.99. The number of rotatable bonds is 6. The normalized spacial score (nSPS) is 13.3. The van der Waals surface area contributed by atoms with Crippen molar-refractivity contribution in [3.8, 4) is 0 Å². The summed E-state index contributed by atoms with van der Waals surface area (Å²) in [6.07, 6.45) is 5.69. The minimum atomic E-state index is 0. The summed E-state index contributed by atoms with van der Waals surface area (Å²) in [4.78, 5) is 31.7. The van der Waals surface area contributed by atoms with E-state index in [1.54, 1.807) is 17.2 Å². The predicted octanol–water partition coefficient (Wildman–Crippen LogP) is 2.62. The van der Waals surface area contributed by atoms with Gasteiger partial charge in [-0.15, -0.1) is 9.24 Å². The summed E-state index contributed by atoms with van der Waals surface area (Å²) in [5.74, 6) is 1.64. The molecule has 3 aromatic rings. The number of fused-ring (bicyclic) bond motifs is 2. The van der Waals surface area contributed by atoms with Crippen LogP contribution in [0.3, 0.4) is 0 Å². The Hall–Kier alpha value is -0.980. The molecule has 1 atom stereocenters. The number of furan rings is 1. The third-order valence-corrected chi connectivity index (χ3v) is 5.91. The van der Waals surface area contributed by atoms with E-state index in [1.165, 1.54) is 0 Å². The van der Waals surface area contributed by atoms with E-state index in [0.29, 0.717) is 31.5 Å². The second-order valence-corrected chi connectivity index (χ2v) is 7.77. The van der Waals surface area contributed by atoms with Gasteiger partial charge < -0.3 is 9.32 Å². The maximum absolute atomic E-state index is 12.1. The molecule has 0 N–H and O–H groups in total. The molecule has 0 bridgehead atoms. The minimum absolute atomic E-state index is 0. The van der Waals surface area contributed by atoms with Gasteiger partial charge in [0.1, 0.15) is 23.4 Å². The van der Waals surface area contributed by atoms with E-state index in [9.17, 15) is 9.59 Å². The molecule has 1 aliphatic rings. The van der Waals surface area contributed by atoms with Crippen LogP contribution in [0.25, 0.3) is 16.7 Å². The number of carbonyl (C=O) groups is 2. The summed E-state index contributed by atoms with van der Waals surface area (Å²) < 4.78 is 6.05. The Morgan fingerprint density at radius 2 is 2.03 bits per heavy atom. The van der Waals surface area contributed by atoms with Crippen molar-refractivity contribution < 1.29 is 14.0 Å². The molecule has 9 heteroatoms. The SMILES string of the molecule is Cc1c(CN(C)/C(=C/C=O)c2cnc3c(c2)CCC(=O)N3CP)oc2ccccc12.[NaH].[NaH]. The number of benzene rings is 1. The summed E-state index contributed by atoms with van der Waals surface area (Å²) in [5.41, 5.74) is 4.57. The molecule has 2 aromatic heterocycles. The van der Waals surface area contributed by atoms with Crippen LogP contribution in [0, 0.1) is 6.92 Å². The molecular weight excluding hydrogens is 443 g/mol. The van der Waals surface area contributed by atoms with Crippen molar-refractivity contribution >= 4 is 103 Å². The zero-order chi connectivity index (χ0) is 21.3. The van der Waals surface area contributed by atoms with Gasteiger partial charge in [-0.1, -0.05) is 18.2 Å². The van der Waals surface area contributed by atoms with E-state index < -0.39 is 0 Å². The van der Waals surface area contributed by atoms with Gasteiger partial charge in [-0.3, -0.25) is 14.5 Å². The topological polar surface area (TPSA) is 66.7 Å². The number of hydrogen-bond donors (Lipinski definition) is 0. The van der Waals surface area contributed by atoms with Crippen LogP contribution in [0.2, 0.25) is 0 Å². The number of nitrogens with zero attached hydrogens (tertiary/aromatic N) is 3. The van der Waals surface area contributed by atoms with E-state index in [-0.39, 0.29) is 65.0 Å². The van der Waals surface area contributed by atoms with Crippen molar-refractivity contribution in [3.05, 3.63) is 65.1 Å². The molecule has 0 saturated heterocycles. The van der Waals surface area contributed by atoms with Gasteiger partial charge in [0.15, 0.2) is 0 Å². The van der Waals surface area contributed by atoms with Gasteiger partial charge in [-0.25, -0.2) is 4.98 Å². The Labute approximate surface area is 234 Å². The van der Waals surface area contributed by atoms with Crippen molar-refractivity contribution in [3.63, 3.8) is 0 Å². The number of hydrogen-bond acceptors (Lipinski definition) is 5. The van der Waals surface area contributed by atoms with Crippen LogP contribution in [-0.2, 0) is 22.6 Å². The number of allylic oxidation sites excluding steroid dienone is 1. The first-order valence-corrected chi connectivity index (χ1v) is 10.7. The van der Waals surface area contributed by atoms with Crippen LogP contribution in [0.4, 0.5) is 5.82 Å². The first kappa shape index (κ1) is 27.3. The molecule has 0 radical (unpaired) electrons. The van der Waals surface area contributed by atoms with Crippen molar-refractivity contribution in [2.24, 2.45) is 0 Å². The molecular formula is C23H26N3Na2O3P. The standard InChI is InChI=1S/C23H24N3O3P.2Na.2H/c1-15-18-5-3-4-6-20(18)29-21(15)13-25(2)19(9-10-27)17-11-16-7-8-22(28)26(14-30)23(16)24-12-17;;;;/h3-6,9-12H,7-8,13-14,30H2,1-2H3;;;;/b19-9+;;;;. The number of carbonyl (C=O) groups excluding carboxylic acids is 2. The van der Waals surface area contributed by atoms with Crippen molar-refractivity contribution in [1.82, 2.24) is 9.88 Å². The van der Waals surface area contributed by atoms with Crippen molar-refractivity contribution in [2.75, 3.05) is 18.2 Å². The molecule has 0 fully saturated rings. The van der Waals surface area contributed by atoms with Gasteiger partial charge in [0.2, 0.25) is 5.91 Å². The second-order valence-electron chi connectivity index (χ2n) is 7.40. The van der Waals surface area contributed by atoms with Crippen LogP contribution >= 0.6 is 9.24 Å². The van der Waals surface area contributed by atoms with Gasteiger partial charge in [0.05, 0.1) is 6.54 Å². The third-order valence-electron chi connectivity index (χ3n) is 5.55. The Morgan fingerprint density at radius 1 is 1.28 bits per heavy atom. The van der Waals surface area contributed by atoms with E-state index in [4.69, 9.17) is 4.42 Å². The average molecular weight is 469 g/mol. The maximum atomic E-state index is 12.1. The van der Waals surface area contributed by atoms with Crippen LogP contribution < -0.4 is 4.90 Å². The number of anilines is 1.